The molecule has 0 aliphatic carbocycles. The quantitative estimate of drug-likeness (QED) is 0.928. The van der Waals surface area contributed by atoms with Crippen LogP contribution in [0, 0.1) is 0 Å². The second-order valence-corrected chi connectivity index (χ2v) is 6.53. The van der Waals surface area contributed by atoms with E-state index in [1.807, 2.05) is 18.2 Å². The van der Waals surface area contributed by atoms with E-state index < -0.39 is 5.54 Å². The first-order chi connectivity index (χ1) is 9.56. The Labute approximate surface area is 128 Å². The zero-order chi connectivity index (χ0) is 14.2. The molecule has 2 N–H and O–H groups in total. The molecule has 0 fully saturated rings. The fourth-order valence-electron chi connectivity index (χ4n) is 2.79. The van der Waals surface area contributed by atoms with Crippen LogP contribution in [-0.4, -0.2) is 6.61 Å². The fourth-order valence-corrected chi connectivity index (χ4v) is 3.35. The second kappa shape index (κ2) is 5.23. The molecule has 3 rings (SSSR count). The lowest BCUT2D eigenvalue weighted by atomic mass is 9.86. The molecule has 0 spiro atoms. The van der Waals surface area contributed by atoms with E-state index in [1.165, 1.54) is 11.1 Å². The monoisotopic (exact) mass is 331 g/mol. The Kier molecular flexibility index (Phi) is 3.57. The Morgan fingerprint density at radius 2 is 2.00 bits per heavy atom. The third-order valence-corrected chi connectivity index (χ3v) is 4.27. The smallest absolute Gasteiger partial charge is 0.125 e. The molecule has 1 aliphatic heterocycles. The molecular weight excluding hydrogens is 314 g/mol. The molecule has 1 unspecified atom stereocenters. The maximum atomic E-state index is 6.54. The Morgan fingerprint density at radius 3 is 2.75 bits per heavy atom. The first-order valence-electron chi connectivity index (χ1n) is 6.85. The molecule has 0 bridgehead atoms. The molecule has 1 aliphatic rings. The molecule has 1 heterocycles. The van der Waals surface area contributed by atoms with Gasteiger partial charge in [-0.25, -0.2) is 0 Å². The summed E-state index contributed by atoms with van der Waals surface area (Å²) in [7, 11) is 0. The van der Waals surface area contributed by atoms with Crippen molar-refractivity contribution in [2.45, 2.75) is 25.3 Å². The predicted octanol–water partition coefficient (Wildman–Crippen LogP) is 3.80. The Hall–Kier alpha value is -1.32. The summed E-state index contributed by atoms with van der Waals surface area (Å²) in [5.74, 6) is 1.03. The Balaban J connectivity index is 1.96. The molecule has 2 nitrogen and oxygen atoms in total. The largest absolute Gasteiger partial charge is 0.493 e. The Morgan fingerprint density at radius 1 is 1.25 bits per heavy atom. The zero-order valence-electron chi connectivity index (χ0n) is 11.5. The second-order valence-electron chi connectivity index (χ2n) is 5.61. The molecule has 1 atom stereocenters. The molecule has 2 aromatic carbocycles. The van der Waals surface area contributed by atoms with E-state index in [2.05, 4.69) is 47.1 Å². The van der Waals surface area contributed by atoms with Gasteiger partial charge in [0.1, 0.15) is 5.75 Å². The number of rotatable bonds is 3. The normalized spacial score (nSPS) is 16.4. The van der Waals surface area contributed by atoms with Gasteiger partial charge in [0.2, 0.25) is 0 Å². The van der Waals surface area contributed by atoms with E-state index in [0.29, 0.717) is 0 Å². The van der Waals surface area contributed by atoms with Gasteiger partial charge in [-0.3, -0.25) is 0 Å². The van der Waals surface area contributed by atoms with Crippen LogP contribution >= 0.6 is 15.9 Å². The number of hydrogen-bond acceptors (Lipinski definition) is 2. The molecule has 0 aromatic heterocycles. The molecule has 3 heteroatoms. The first kappa shape index (κ1) is 13.7. The number of nitrogens with two attached hydrogens (primary N) is 1. The standard InChI is InChI=1S/C17H18BrNO/c1-17(19,14-5-3-2-4-6-14)11-13-10-15(18)9-12-7-8-20-16(12)13/h2-6,9-10H,7-8,11,19H2,1H3. The van der Waals surface area contributed by atoms with Gasteiger partial charge in [0.25, 0.3) is 0 Å². The van der Waals surface area contributed by atoms with Crippen molar-refractivity contribution in [2.24, 2.45) is 5.73 Å². The summed E-state index contributed by atoms with van der Waals surface area (Å²) >= 11 is 3.58. The van der Waals surface area contributed by atoms with Crippen molar-refractivity contribution in [3.8, 4) is 5.75 Å². The Bertz CT molecular complexity index is 622. The lowest BCUT2D eigenvalue weighted by molar-refractivity contribution is 0.349. The molecule has 104 valence electrons. The van der Waals surface area contributed by atoms with E-state index in [-0.39, 0.29) is 0 Å². The number of ether oxygens (including phenoxy) is 1. The van der Waals surface area contributed by atoms with Crippen LogP contribution in [0.25, 0.3) is 0 Å². The third kappa shape index (κ3) is 2.60. The highest BCUT2D eigenvalue weighted by atomic mass is 79.9. The number of fused-ring (bicyclic) bond motifs is 1. The zero-order valence-corrected chi connectivity index (χ0v) is 13.1. The average molecular weight is 332 g/mol. The maximum Gasteiger partial charge on any atom is 0.125 e. The van der Waals surface area contributed by atoms with Crippen molar-refractivity contribution in [3.05, 3.63) is 63.6 Å². The lowest BCUT2D eigenvalue weighted by Crippen LogP contribution is -2.35. The summed E-state index contributed by atoms with van der Waals surface area (Å²) in [6.07, 6.45) is 1.74. The predicted molar refractivity (Wildman–Crippen MR) is 85.0 cm³/mol. The van der Waals surface area contributed by atoms with Crippen LogP contribution < -0.4 is 10.5 Å². The molecule has 20 heavy (non-hydrogen) atoms. The van der Waals surface area contributed by atoms with Crippen LogP contribution in [-0.2, 0) is 18.4 Å². The van der Waals surface area contributed by atoms with Crippen LogP contribution in [0.3, 0.4) is 0 Å². The van der Waals surface area contributed by atoms with Crippen LogP contribution in [0.4, 0.5) is 0 Å². The van der Waals surface area contributed by atoms with Crippen LogP contribution in [0.5, 0.6) is 5.75 Å². The topological polar surface area (TPSA) is 35.2 Å². The van der Waals surface area contributed by atoms with Crippen LogP contribution in [0.1, 0.15) is 23.6 Å². The lowest BCUT2D eigenvalue weighted by Gasteiger charge is -2.26. The number of hydrogen-bond donors (Lipinski definition) is 1. The molecule has 0 saturated carbocycles. The van der Waals surface area contributed by atoms with Gasteiger partial charge in [0.15, 0.2) is 0 Å². The van der Waals surface area contributed by atoms with Crippen molar-refractivity contribution in [2.75, 3.05) is 6.61 Å². The van der Waals surface area contributed by atoms with E-state index in [9.17, 15) is 0 Å². The minimum atomic E-state index is -0.401. The van der Waals surface area contributed by atoms with Gasteiger partial charge < -0.3 is 10.5 Å². The minimum absolute atomic E-state index is 0.401. The van der Waals surface area contributed by atoms with Gasteiger partial charge in [-0.15, -0.1) is 0 Å². The van der Waals surface area contributed by atoms with Crippen molar-refractivity contribution in [1.29, 1.82) is 0 Å². The van der Waals surface area contributed by atoms with E-state index in [4.69, 9.17) is 10.5 Å². The van der Waals surface area contributed by atoms with Crippen LogP contribution in [0.2, 0.25) is 0 Å². The number of benzene rings is 2. The highest BCUT2D eigenvalue weighted by Gasteiger charge is 2.26. The summed E-state index contributed by atoms with van der Waals surface area (Å²) < 4.78 is 6.89. The summed E-state index contributed by atoms with van der Waals surface area (Å²) in [5.41, 5.74) is 9.74. The molecule has 0 saturated heterocycles. The van der Waals surface area contributed by atoms with Crippen LogP contribution in [0.15, 0.2) is 46.9 Å². The SMILES string of the molecule is CC(N)(Cc1cc(Br)cc2c1OCC2)c1ccccc1. The van der Waals surface area contributed by atoms with Gasteiger partial charge in [0.05, 0.1) is 6.61 Å². The molecular formula is C17H18BrNO. The van der Waals surface area contributed by atoms with E-state index in [1.54, 1.807) is 0 Å². The fraction of sp³-hybridized carbons (Fsp3) is 0.294. The third-order valence-electron chi connectivity index (χ3n) is 3.82. The summed E-state index contributed by atoms with van der Waals surface area (Å²) in [6, 6.07) is 14.5. The minimum Gasteiger partial charge on any atom is -0.493 e. The summed E-state index contributed by atoms with van der Waals surface area (Å²) in [4.78, 5) is 0. The van der Waals surface area contributed by atoms with Gasteiger partial charge in [-0.05, 0) is 42.2 Å². The molecule has 0 radical (unpaired) electrons. The van der Waals surface area contributed by atoms with Gasteiger partial charge in [-0.2, -0.15) is 0 Å². The molecule has 2 aromatic rings. The van der Waals surface area contributed by atoms with Crippen molar-refractivity contribution in [1.82, 2.24) is 0 Å². The average Bonchev–Trinajstić information content (AvgIpc) is 2.87. The summed E-state index contributed by atoms with van der Waals surface area (Å²) in [5, 5.41) is 0. The molecule has 0 amide bonds. The maximum absolute atomic E-state index is 6.54. The number of halogens is 1. The van der Waals surface area contributed by atoms with Gasteiger partial charge in [-0.1, -0.05) is 46.3 Å². The summed E-state index contributed by atoms with van der Waals surface area (Å²) in [6.45, 7) is 2.84. The van der Waals surface area contributed by atoms with E-state index >= 15 is 0 Å². The highest BCUT2D eigenvalue weighted by molar-refractivity contribution is 9.10. The first-order valence-corrected chi connectivity index (χ1v) is 7.64. The van der Waals surface area contributed by atoms with Gasteiger partial charge in [0, 0.05) is 16.4 Å². The van der Waals surface area contributed by atoms with Crippen molar-refractivity contribution >= 4 is 15.9 Å². The highest BCUT2D eigenvalue weighted by Crippen LogP contribution is 2.36. The van der Waals surface area contributed by atoms with E-state index in [0.717, 1.165) is 35.2 Å². The van der Waals surface area contributed by atoms with Crippen molar-refractivity contribution in [3.63, 3.8) is 0 Å². The van der Waals surface area contributed by atoms with Gasteiger partial charge >= 0.3 is 0 Å². The van der Waals surface area contributed by atoms with Crippen molar-refractivity contribution < 1.29 is 4.74 Å².